The van der Waals surface area contributed by atoms with Crippen LogP contribution in [0.5, 0.6) is 0 Å². The second kappa shape index (κ2) is 3.20. The predicted molar refractivity (Wildman–Crippen MR) is 64.0 cm³/mol. The van der Waals surface area contributed by atoms with Crippen molar-refractivity contribution in [3.8, 4) is 0 Å². The van der Waals surface area contributed by atoms with Crippen LogP contribution in [0.1, 0.15) is 27.2 Å². The van der Waals surface area contributed by atoms with Crippen molar-refractivity contribution >= 4 is 5.71 Å². The molecule has 4 atom stereocenters. The summed E-state index contributed by atoms with van der Waals surface area (Å²) in [5.74, 6) is 5.41. The topological polar surface area (TPSA) is 12.4 Å². The fourth-order valence-electron chi connectivity index (χ4n) is 3.72. The monoisotopic (exact) mass is 203 g/mol. The summed E-state index contributed by atoms with van der Waals surface area (Å²) in [7, 11) is 0. The van der Waals surface area contributed by atoms with E-state index in [1.165, 1.54) is 12.1 Å². The van der Waals surface area contributed by atoms with E-state index in [1.807, 2.05) is 0 Å². The maximum absolute atomic E-state index is 4.72. The number of dihydropyridines is 1. The molecule has 1 aliphatic heterocycles. The molecule has 1 heterocycles. The zero-order valence-corrected chi connectivity index (χ0v) is 9.98. The van der Waals surface area contributed by atoms with Gasteiger partial charge < -0.3 is 0 Å². The highest BCUT2D eigenvalue weighted by molar-refractivity contribution is 5.97. The molecular weight excluding hydrogens is 182 g/mol. The molecule has 2 bridgehead atoms. The second-order valence-electron chi connectivity index (χ2n) is 5.89. The highest BCUT2D eigenvalue weighted by Gasteiger charge is 2.60. The first-order valence-electron chi connectivity index (χ1n) is 6.41. The van der Waals surface area contributed by atoms with Crippen molar-refractivity contribution in [2.75, 3.05) is 6.54 Å². The molecular formula is C14H21N. The number of hydrogen-bond acceptors (Lipinski definition) is 1. The van der Waals surface area contributed by atoms with Gasteiger partial charge in [0.1, 0.15) is 0 Å². The summed E-state index contributed by atoms with van der Waals surface area (Å²) in [6.45, 7) is 8.05. The lowest BCUT2D eigenvalue weighted by Crippen LogP contribution is -2.61. The molecule has 0 aromatic rings. The molecule has 3 fully saturated rings. The third-order valence-electron chi connectivity index (χ3n) is 5.09. The normalized spacial score (nSPS) is 49.0. The van der Waals surface area contributed by atoms with E-state index in [4.69, 9.17) is 4.99 Å². The lowest BCUT2D eigenvalue weighted by molar-refractivity contribution is -0.165. The van der Waals surface area contributed by atoms with Crippen LogP contribution in [0.2, 0.25) is 0 Å². The minimum absolute atomic E-state index is 0.649. The minimum Gasteiger partial charge on any atom is -0.289 e. The standard InChI is InChI=1S/C14H21N/c1-8-4-5-13(15-7-8)10(3)14-11-6-12(14)9(11)2/h4-5,8-12,14H,6-7H2,1-3H3. The summed E-state index contributed by atoms with van der Waals surface area (Å²) in [6, 6.07) is 0. The van der Waals surface area contributed by atoms with Crippen molar-refractivity contribution in [2.45, 2.75) is 27.2 Å². The maximum atomic E-state index is 4.72. The molecule has 0 spiro atoms. The number of rotatable bonds is 2. The van der Waals surface area contributed by atoms with Crippen molar-refractivity contribution in [3.05, 3.63) is 12.2 Å². The zero-order chi connectivity index (χ0) is 10.6. The summed E-state index contributed by atoms with van der Waals surface area (Å²) >= 11 is 0. The van der Waals surface area contributed by atoms with Crippen LogP contribution in [0.15, 0.2) is 17.1 Å². The van der Waals surface area contributed by atoms with E-state index in [-0.39, 0.29) is 0 Å². The van der Waals surface area contributed by atoms with Gasteiger partial charge in [0.25, 0.3) is 0 Å². The molecule has 0 aromatic heterocycles. The van der Waals surface area contributed by atoms with Gasteiger partial charge in [-0.3, -0.25) is 4.99 Å². The summed E-state index contributed by atoms with van der Waals surface area (Å²) in [5.41, 5.74) is 1.37. The average molecular weight is 203 g/mol. The fraction of sp³-hybridized carbons (Fsp3) is 0.786. The van der Waals surface area contributed by atoms with Crippen LogP contribution in [0.3, 0.4) is 0 Å². The minimum atomic E-state index is 0.649. The quantitative estimate of drug-likeness (QED) is 0.653. The first-order valence-corrected chi connectivity index (χ1v) is 6.41. The number of allylic oxidation sites excluding steroid dienone is 1. The molecule has 15 heavy (non-hydrogen) atoms. The molecule has 1 heteroatoms. The van der Waals surface area contributed by atoms with Crippen LogP contribution in [0, 0.1) is 35.5 Å². The van der Waals surface area contributed by atoms with E-state index in [0.29, 0.717) is 11.8 Å². The van der Waals surface area contributed by atoms with Crippen molar-refractivity contribution in [2.24, 2.45) is 40.5 Å². The Morgan fingerprint density at radius 1 is 1.33 bits per heavy atom. The summed E-state index contributed by atoms with van der Waals surface area (Å²) < 4.78 is 0. The molecule has 0 saturated heterocycles. The van der Waals surface area contributed by atoms with E-state index >= 15 is 0 Å². The Balaban J connectivity index is 1.67. The molecule has 0 aromatic carbocycles. The van der Waals surface area contributed by atoms with E-state index in [0.717, 1.165) is 30.2 Å². The van der Waals surface area contributed by atoms with Crippen LogP contribution in [0.4, 0.5) is 0 Å². The Bertz CT molecular complexity index is 318. The number of aliphatic imine (C=N–C) groups is 1. The smallest absolute Gasteiger partial charge is 0.0452 e. The lowest BCUT2D eigenvalue weighted by atomic mass is 9.39. The first kappa shape index (κ1) is 9.62. The Kier molecular flexibility index (Phi) is 2.05. The Morgan fingerprint density at radius 3 is 2.53 bits per heavy atom. The van der Waals surface area contributed by atoms with Crippen molar-refractivity contribution in [3.63, 3.8) is 0 Å². The summed E-state index contributed by atoms with van der Waals surface area (Å²) in [6.07, 6.45) is 6.11. The lowest BCUT2D eigenvalue weighted by Gasteiger charge is -2.66. The molecule has 4 aliphatic rings. The van der Waals surface area contributed by atoms with Crippen molar-refractivity contribution in [1.29, 1.82) is 0 Å². The maximum Gasteiger partial charge on any atom is 0.0452 e. The Morgan fingerprint density at radius 2 is 2.07 bits per heavy atom. The van der Waals surface area contributed by atoms with Gasteiger partial charge in [-0.05, 0) is 42.1 Å². The molecule has 3 aliphatic carbocycles. The molecule has 0 amide bonds. The van der Waals surface area contributed by atoms with Gasteiger partial charge in [0, 0.05) is 18.2 Å². The molecule has 82 valence electrons. The fourth-order valence-corrected chi connectivity index (χ4v) is 3.72. The van der Waals surface area contributed by atoms with Crippen LogP contribution < -0.4 is 0 Å². The average Bonchev–Trinajstić information content (AvgIpc) is 2.15. The molecule has 0 radical (unpaired) electrons. The van der Waals surface area contributed by atoms with Gasteiger partial charge in [0.2, 0.25) is 0 Å². The molecule has 3 saturated carbocycles. The van der Waals surface area contributed by atoms with Crippen molar-refractivity contribution in [1.82, 2.24) is 0 Å². The molecule has 4 rings (SSSR count). The highest BCUT2D eigenvalue weighted by Crippen LogP contribution is 2.65. The Labute approximate surface area is 92.7 Å². The highest BCUT2D eigenvalue weighted by atomic mass is 14.8. The van der Waals surface area contributed by atoms with Crippen LogP contribution in [-0.2, 0) is 0 Å². The third-order valence-corrected chi connectivity index (χ3v) is 5.09. The van der Waals surface area contributed by atoms with Gasteiger partial charge >= 0.3 is 0 Å². The number of nitrogens with zero attached hydrogens (tertiary/aromatic N) is 1. The van der Waals surface area contributed by atoms with E-state index in [2.05, 4.69) is 32.9 Å². The zero-order valence-electron chi connectivity index (χ0n) is 9.98. The van der Waals surface area contributed by atoms with Gasteiger partial charge in [0.15, 0.2) is 0 Å². The van der Waals surface area contributed by atoms with Crippen molar-refractivity contribution < 1.29 is 0 Å². The van der Waals surface area contributed by atoms with Gasteiger partial charge in [-0.2, -0.15) is 0 Å². The second-order valence-corrected chi connectivity index (χ2v) is 5.89. The predicted octanol–water partition coefficient (Wildman–Crippen LogP) is 3.17. The number of hydrogen-bond donors (Lipinski definition) is 0. The van der Waals surface area contributed by atoms with E-state index in [1.54, 1.807) is 0 Å². The third kappa shape index (κ3) is 1.25. The van der Waals surface area contributed by atoms with Gasteiger partial charge in [0.05, 0.1) is 0 Å². The van der Waals surface area contributed by atoms with Gasteiger partial charge in [-0.25, -0.2) is 0 Å². The summed E-state index contributed by atoms with van der Waals surface area (Å²) in [5, 5.41) is 0. The van der Waals surface area contributed by atoms with E-state index < -0.39 is 0 Å². The van der Waals surface area contributed by atoms with Gasteiger partial charge in [-0.15, -0.1) is 0 Å². The molecule has 1 nitrogen and oxygen atoms in total. The first-order chi connectivity index (χ1) is 7.18. The van der Waals surface area contributed by atoms with Crippen LogP contribution in [-0.4, -0.2) is 12.3 Å². The van der Waals surface area contributed by atoms with E-state index in [9.17, 15) is 0 Å². The van der Waals surface area contributed by atoms with Crippen LogP contribution in [0.25, 0.3) is 0 Å². The summed E-state index contributed by atoms with van der Waals surface area (Å²) in [4.78, 5) is 4.72. The SMILES string of the molecule is CC1C=CC(C(C)C2C3CC2C3C)=NC1. The Hall–Kier alpha value is -0.590. The molecule has 4 unspecified atom stereocenters. The largest absolute Gasteiger partial charge is 0.289 e. The molecule has 0 N–H and O–H groups in total. The van der Waals surface area contributed by atoms with Crippen LogP contribution >= 0.6 is 0 Å². The van der Waals surface area contributed by atoms with Gasteiger partial charge in [-0.1, -0.05) is 26.8 Å².